The number of esters is 3. The number of allylic oxidation sites excluding steroid dienone is 4. The lowest BCUT2D eigenvalue weighted by atomic mass is 10.0. The zero-order valence-corrected chi connectivity index (χ0v) is 45.9. The fourth-order valence-electron chi connectivity index (χ4n) is 9.13. The summed E-state index contributed by atoms with van der Waals surface area (Å²) in [4.78, 5) is 38.2. The molecule has 0 aromatic carbocycles. The number of hydrogen-bond acceptors (Lipinski definition) is 6. The van der Waals surface area contributed by atoms with Crippen LogP contribution in [0.3, 0.4) is 0 Å². The van der Waals surface area contributed by atoms with Gasteiger partial charge < -0.3 is 14.2 Å². The first-order valence-electron chi connectivity index (χ1n) is 30.3. The summed E-state index contributed by atoms with van der Waals surface area (Å²) in [6, 6.07) is 0. The molecule has 0 fully saturated rings. The van der Waals surface area contributed by atoms with E-state index in [-0.39, 0.29) is 31.1 Å². The third-order valence-corrected chi connectivity index (χ3v) is 13.7. The molecule has 6 nitrogen and oxygen atoms in total. The van der Waals surface area contributed by atoms with Gasteiger partial charge in [0.05, 0.1) is 0 Å². The quantitative estimate of drug-likeness (QED) is 0.0262. The molecule has 0 aromatic heterocycles. The first kappa shape index (κ1) is 65.9. The van der Waals surface area contributed by atoms with Crippen molar-refractivity contribution in [2.75, 3.05) is 13.2 Å². The lowest BCUT2D eigenvalue weighted by molar-refractivity contribution is -0.167. The van der Waals surface area contributed by atoms with E-state index < -0.39 is 6.10 Å². The van der Waals surface area contributed by atoms with Crippen molar-refractivity contribution >= 4 is 17.9 Å². The summed E-state index contributed by atoms with van der Waals surface area (Å²) in [6.45, 7) is 6.63. The van der Waals surface area contributed by atoms with Crippen LogP contribution in [-0.2, 0) is 28.6 Å². The molecule has 6 heteroatoms. The predicted molar refractivity (Wildman–Crippen MR) is 293 cm³/mol. The van der Waals surface area contributed by atoms with Crippen LogP contribution in [0.5, 0.6) is 0 Å². The van der Waals surface area contributed by atoms with Gasteiger partial charge in [-0.3, -0.25) is 14.4 Å². The molecule has 0 amide bonds. The van der Waals surface area contributed by atoms with Gasteiger partial charge in [0, 0.05) is 19.3 Å². The standard InChI is InChI=1S/C62H116O6/c1-4-7-10-13-16-19-22-25-27-29-30-31-32-33-35-37-40-43-46-49-52-55-61(64)67-58-59(57-66-60(63)54-51-48-45-42-39-36-24-21-18-15-12-9-6-3)68-62(65)56-53-50-47-44-41-38-34-28-26-23-20-17-14-11-8-5-2/h12,15,21,24,59H,4-11,13-14,16-20,22-23,25-58H2,1-3H3/b15-12-,24-21-. The molecule has 0 rings (SSSR count). The molecule has 0 bridgehead atoms. The zero-order valence-electron chi connectivity index (χ0n) is 45.9. The fourth-order valence-corrected chi connectivity index (χ4v) is 9.13. The van der Waals surface area contributed by atoms with Crippen molar-refractivity contribution in [2.24, 2.45) is 0 Å². The highest BCUT2D eigenvalue weighted by atomic mass is 16.6. The Morgan fingerprint density at radius 3 is 0.868 bits per heavy atom. The second kappa shape index (κ2) is 57.5. The van der Waals surface area contributed by atoms with E-state index in [4.69, 9.17) is 14.2 Å². The zero-order chi connectivity index (χ0) is 49.3. The van der Waals surface area contributed by atoms with Crippen LogP contribution in [0, 0.1) is 0 Å². The first-order chi connectivity index (χ1) is 33.5. The molecule has 0 saturated carbocycles. The minimum Gasteiger partial charge on any atom is -0.462 e. The van der Waals surface area contributed by atoms with Crippen LogP contribution in [0.1, 0.15) is 335 Å². The maximum Gasteiger partial charge on any atom is 0.306 e. The minimum atomic E-state index is -0.772. The van der Waals surface area contributed by atoms with E-state index in [2.05, 4.69) is 45.1 Å². The molecular formula is C62H116O6. The molecule has 1 atom stereocenters. The number of rotatable bonds is 56. The van der Waals surface area contributed by atoms with Crippen molar-refractivity contribution < 1.29 is 28.6 Å². The van der Waals surface area contributed by atoms with Crippen LogP contribution in [-0.4, -0.2) is 37.2 Å². The lowest BCUT2D eigenvalue weighted by Crippen LogP contribution is -2.30. The second-order valence-corrected chi connectivity index (χ2v) is 20.6. The normalized spacial score (nSPS) is 12.1. The predicted octanol–water partition coefficient (Wildman–Crippen LogP) is 20.3. The third-order valence-electron chi connectivity index (χ3n) is 13.7. The SMILES string of the molecule is CCC/C=C\C/C=C\CCCCCCCC(=O)OCC(COC(=O)CCCCCCCCCCCCCCCCCCCCCCC)OC(=O)CCCCCCCCCCCCCCCCCC. The van der Waals surface area contributed by atoms with Crippen LogP contribution in [0.25, 0.3) is 0 Å². The maximum absolute atomic E-state index is 12.9. The molecule has 68 heavy (non-hydrogen) atoms. The Morgan fingerprint density at radius 1 is 0.294 bits per heavy atom. The van der Waals surface area contributed by atoms with Gasteiger partial charge in [-0.05, 0) is 44.9 Å². The summed E-state index contributed by atoms with van der Waals surface area (Å²) < 4.78 is 16.9. The van der Waals surface area contributed by atoms with Gasteiger partial charge in [0.25, 0.3) is 0 Å². The number of carbonyl (C=O) groups is 3. The summed E-state index contributed by atoms with van der Waals surface area (Å²) >= 11 is 0. The lowest BCUT2D eigenvalue weighted by Gasteiger charge is -2.18. The summed E-state index contributed by atoms with van der Waals surface area (Å²) in [5, 5.41) is 0. The molecule has 0 saturated heterocycles. The van der Waals surface area contributed by atoms with Crippen molar-refractivity contribution in [1.29, 1.82) is 0 Å². The van der Waals surface area contributed by atoms with Crippen molar-refractivity contribution in [3.05, 3.63) is 24.3 Å². The second-order valence-electron chi connectivity index (χ2n) is 20.6. The van der Waals surface area contributed by atoms with Gasteiger partial charge in [-0.25, -0.2) is 0 Å². The molecule has 1 unspecified atom stereocenters. The van der Waals surface area contributed by atoms with Gasteiger partial charge in [-0.2, -0.15) is 0 Å². The fraction of sp³-hybridized carbons (Fsp3) is 0.887. The average molecular weight is 958 g/mol. The van der Waals surface area contributed by atoms with Crippen molar-refractivity contribution in [1.82, 2.24) is 0 Å². The van der Waals surface area contributed by atoms with E-state index in [1.165, 1.54) is 212 Å². The summed E-state index contributed by atoms with van der Waals surface area (Å²) in [7, 11) is 0. The first-order valence-corrected chi connectivity index (χ1v) is 30.3. The molecule has 0 aliphatic heterocycles. The summed E-state index contributed by atoms with van der Waals surface area (Å²) in [5.41, 5.74) is 0. The molecule has 400 valence electrons. The highest BCUT2D eigenvalue weighted by molar-refractivity contribution is 5.71. The molecule has 0 radical (unpaired) electrons. The number of carbonyl (C=O) groups excluding carboxylic acids is 3. The van der Waals surface area contributed by atoms with E-state index in [9.17, 15) is 14.4 Å². The van der Waals surface area contributed by atoms with E-state index in [1.807, 2.05) is 0 Å². The monoisotopic (exact) mass is 957 g/mol. The molecule has 0 heterocycles. The molecule has 0 aromatic rings. The van der Waals surface area contributed by atoms with E-state index >= 15 is 0 Å². The summed E-state index contributed by atoms with van der Waals surface area (Å²) in [5.74, 6) is -0.860. The minimum absolute atomic E-state index is 0.0699. The van der Waals surface area contributed by atoms with Crippen LogP contribution >= 0.6 is 0 Å². The Hall–Kier alpha value is -2.11. The third kappa shape index (κ3) is 54.8. The van der Waals surface area contributed by atoms with Gasteiger partial charge in [0.1, 0.15) is 13.2 Å². The molecule has 0 aliphatic rings. The molecule has 0 spiro atoms. The Kier molecular flexibility index (Phi) is 55.7. The van der Waals surface area contributed by atoms with Gasteiger partial charge in [0.15, 0.2) is 6.10 Å². The Bertz CT molecular complexity index is 1100. The Labute approximate surface area is 423 Å². The van der Waals surface area contributed by atoms with Gasteiger partial charge in [-0.1, -0.05) is 295 Å². The molecule has 0 N–H and O–H groups in total. The smallest absolute Gasteiger partial charge is 0.306 e. The van der Waals surface area contributed by atoms with E-state index in [0.29, 0.717) is 19.3 Å². The van der Waals surface area contributed by atoms with Crippen molar-refractivity contribution in [3.63, 3.8) is 0 Å². The number of unbranched alkanes of at least 4 members (excludes halogenated alkanes) is 41. The topological polar surface area (TPSA) is 78.9 Å². The Morgan fingerprint density at radius 2 is 0.559 bits per heavy atom. The largest absolute Gasteiger partial charge is 0.462 e. The average Bonchev–Trinajstić information content (AvgIpc) is 3.34. The van der Waals surface area contributed by atoms with Crippen molar-refractivity contribution in [3.8, 4) is 0 Å². The summed E-state index contributed by atoms with van der Waals surface area (Å²) in [6.07, 6.45) is 67.5. The van der Waals surface area contributed by atoms with Crippen molar-refractivity contribution in [2.45, 2.75) is 341 Å². The van der Waals surface area contributed by atoms with Gasteiger partial charge in [-0.15, -0.1) is 0 Å². The van der Waals surface area contributed by atoms with E-state index in [0.717, 1.165) is 83.5 Å². The number of hydrogen-bond donors (Lipinski definition) is 0. The molecular weight excluding hydrogens is 841 g/mol. The highest BCUT2D eigenvalue weighted by Gasteiger charge is 2.19. The maximum atomic E-state index is 12.9. The van der Waals surface area contributed by atoms with Crippen LogP contribution in [0.4, 0.5) is 0 Å². The van der Waals surface area contributed by atoms with Gasteiger partial charge in [0.2, 0.25) is 0 Å². The Balaban J connectivity index is 4.27. The van der Waals surface area contributed by atoms with Crippen LogP contribution < -0.4 is 0 Å². The molecule has 0 aliphatic carbocycles. The van der Waals surface area contributed by atoms with Crippen LogP contribution in [0.15, 0.2) is 24.3 Å². The van der Waals surface area contributed by atoms with Crippen LogP contribution in [0.2, 0.25) is 0 Å². The van der Waals surface area contributed by atoms with E-state index in [1.54, 1.807) is 0 Å². The number of ether oxygens (including phenoxy) is 3. The van der Waals surface area contributed by atoms with Gasteiger partial charge >= 0.3 is 17.9 Å². The highest BCUT2D eigenvalue weighted by Crippen LogP contribution is 2.18.